The fourth-order valence-electron chi connectivity index (χ4n) is 1.82. The van der Waals surface area contributed by atoms with E-state index < -0.39 is 23.6 Å². The van der Waals surface area contributed by atoms with Gasteiger partial charge in [-0.25, -0.2) is 4.39 Å². The Bertz CT molecular complexity index is 626. The number of hydrogen-bond acceptors (Lipinski definition) is 2. The average molecular weight is 319 g/mol. The number of nitrogens with two attached hydrogens (primary N) is 1. The Morgan fingerprint density at radius 1 is 1.19 bits per heavy atom. The van der Waals surface area contributed by atoms with Crippen molar-refractivity contribution in [3.63, 3.8) is 0 Å². The van der Waals surface area contributed by atoms with E-state index >= 15 is 0 Å². The lowest BCUT2D eigenvalue weighted by molar-refractivity contribution is -0.137. The summed E-state index contributed by atoms with van der Waals surface area (Å²) in [5, 5.41) is 0.262. The van der Waals surface area contributed by atoms with Gasteiger partial charge >= 0.3 is 6.18 Å². The first-order valence-corrected chi connectivity index (χ1v) is 6.38. The third-order valence-electron chi connectivity index (χ3n) is 2.95. The van der Waals surface area contributed by atoms with Crippen LogP contribution in [0.5, 0.6) is 0 Å². The monoisotopic (exact) mass is 318 g/mol. The topological polar surface area (TPSA) is 38.9 Å². The fourth-order valence-corrected chi connectivity index (χ4v) is 1.98. The molecule has 0 radical (unpaired) electrons. The Morgan fingerprint density at radius 3 is 2.43 bits per heavy atom. The predicted octanol–water partition coefficient (Wildman–Crippen LogP) is 4.14. The van der Waals surface area contributed by atoms with Crippen LogP contribution in [0.4, 0.5) is 17.6 Å². The average Bonchev–Trinajstić information content (AvgIpc) is 2.41. The molecule has 7 heteroatoms. The molecule has 2 nitrogen and oxygen atoms in total. The van der Waals surface area contributed by atoms with Crippen molar-refractivity contribution in [2.45, 2.75) is 18.6 Å². The second-order valence-electron chi connectivity index (χ2n) is 4.52. The Hall–Kier alpha value is -1.66. The van der Waals surface area contributed by atoms with Crippen molar-refractivity contribution in [2.24, 2.45) is 5.73 Å². The number of hydrogen-bond donors (Lipinski definition) is 1. The molecule has 0 fully saturated rings. The molecule has 2 aromatic rings. The number of aromatic nitrogens is 1. The van der Waals surface area contributed by atoms with Crippen LogP contribution in [0, 0.1) is 5.82 Å². The molecule has 0 aliphatic carbocycles. The number of benzene rings is 1. The highest BCUT2D eigenvalue weighted by molar-refractivity contribution is 6.30. The zero-order valence-electron chi connectivity index (χ0n) is 10.7. The molecule has 0 aliphatic heterocycles. The normalized spacial score (nSPS) is 13.2. The van der Waals surface area contributed by atoms with Crippen LogP contribution in [-0.4, -0.2) is 4.98 Å². The molecule has 21 heavy (non-hydrogen) atoms. The van der Waals surface area contributed by atoms with Crippen LogP contribution in [0.2, 0.25) is 5.02 Å². The fraction of sp³-hybridized carbons (Fsp3) is 0.214. The molecule has 0 spiro atoms. The lowest BCUT2D eigenvalue weighted by Gasteiger charge is -2.13. The van der Waals surface area contributed by atoms with Crippen LogP contribution in [0.3, 0.4) is 0 Å². The summed E-state index contributed by atoms with van der Waals surface area (Å²) in [6, 6.07) is 5.56. The minimum absolute atomic E-state index is 0.112. The molecule has 112 valence electrons. The Labute approximate surface area is 123 Å². The molecule has 0 saturated heterocycles. The molecule has 2 rings (SSSR count). The SMILES string of the molecule is NC(Cc1ccc(Cl)cc1F)c1ccc(C(F)(F)F)cn1. The first kappa shape index (κ1) is 15.7. The summed E-state index contributed by atoms with van der Waals surface area (Å²) >= 11 is 5.64. The van der Waals surface area contributed by atoms with Crippen molar-refractivity contribution in [3.8, 4) is 0 Å². The van der Waals surface area contributed by atoms with Crippen molar-refractivity contribution in [1.29, 1.82) is 0 Å². The molecule has 1 aromatic carbocycles. The second kappa shape index (κ2) is 5.99. The first-order chi connectivity index (χ1) is 9.77. The van der Waals surface area contributed by atoms with E-state index in [-0.39, 0.29) is 17.1 Å². The van der Waals surface area contributed by atoms with Crippen molar-refractivity contribution >= 4 is 11.6 Å². The minimum Gasteiger partial charge on any atom is -0.322 e. The minimum atomic E-state index is -4.45. The number of nitrogens with zero attached hydrogens (tertiary/aromatic N) is 1. The molecule has 2 N–H and O–H groups in total. The van der Waals surface area contributed by atoms with Crippen molar-refractivity contribution in [3.05, 3.63) is 64.2 Å². The van der Waals surface area contributed by atoms with E-state index in [0.717, 1.165) is 12.1 Å². The third-order valence-corrected chi connectivity index (χ3v) is 3.18. The van der Waals surface area contributed by atoms with Gasteiger partial charge in [0.15, 0.2) is 0 Å². The van der Waals surface area contributed by atoms with Gasteiger partial charge in [0, 0.05) is 11.2 Å². The summed E-state index contributed by atoms with van der Waals surface area (Å²) in [6.45, 7) is 0. The summed E-state index contributed by atoms with van der Waals surface area (Å²) in [5.74, 6) is -0.509. The summed E-state index contributed by atoms with van der Waals surface area (Å²) < 4.78 is 50.9. The lowest BCUT2D eigenvalue weighted by Crippen LogP contribution is -2.16. The van der Waals surface area contributed by atoms with Crippen LogP contribution in [-0.2, 0) is 12.6 Å². The van der Waals surface area contributed by atoms with Gasteiger partial charge in [0.25, 0.3) is 0 Å². The number of halogens is 5. The van der Waals surface area contributed by atoms with Crippen molar-refractivity contribution in [1.82, 2.24) is 4.98 Å². The van der Waals surface area contributed by atoms with Crippen LogP contribution in [0.25, 0.3) is 0 Å². The molecule has 0 amide bonds. The first-order valence-electron chi connectivity index (χ1n) is 6.00. The van der Waals surface area contributed by atoms with Crippen LogP contribution in [0.1, 0.15) is 22.9 Å². The van der Waals surface area contributed by atoms with E-state index in [9.17, 15) is 17.6 Å². The van der Waals surface area contributed by atoms with Gasteiger partial charge in [-0.1, -0.05) is 17.7 Å². The molecule has 0 aliphatic rings. The summed E-state index contributed by atoms with van der Waals surface area (Å²) in [4.78, 5) is 3.69. The highest BCUT2D eigenvalue weighted by Crippen LogP contribution is 2.29. The molecule has 1 aromatic heterocycles. The zero-order valence-corrected chi connectivity index (χ0v) is 11.4. The van der Waals surface area contributed by atoms with Gasteiger partial charge in [-0.15, -0.1) is 0 Å². The van der Waals surface area contributed by atoms with Crippen molar-refractivity contribution < 1.29 is 17.6 Å². The standard InChI is InChI=1S/C14H11ClF4N2/c15-10-3-1-8(11(16)6-10)5-12(20)13-4-2-9(7-21-13)14(17,18)19/h1-4,6-7,12H,5,20H2. The van der Waals surface area contributed by atoms with Gasteiger partial charge in [0.2, 0.25) is 0 Å². The second-order valence-corrected chi connectivity index (χ2v) is 4.95. The van der Waals surface area contributed by atoms with Crippen LogP contribution in [0.15, 0.2) is 36.5 Å². The van der Waals surface area contributed by atoms with E-state index in [1.165, 1.54) is 18.2 Å². The quantitative estimate of drug-likeness (QED) is 0.864. The molecular weight excluding hydrogens is 308 g/mol. The largest absolute Gasteiger partial charge is 0.417 e. The van der Waals surface area contributed by atoms with Gasteiger partial charge in [0.05, 0.1) is 17.3 Å². The maximum atomic E-state index is 13.6. The molecular formula is C14H11ClF4N2. The van der Waals surface area contributed by atoms with Gasteiger partial charge in [-0.3, -0.25) is 4.98 Å². The molecule has 1 atom stereocenters. The Balaban J connectivity index is 2.15. The van der Waals surface area contributed by atoms with Crippen molar-refractivity contribution in [2.75, 3.05) is 0 Å². The maximum absolute atomic E-state index is 13.6. The third kappa shape index (κ3) is 3.92. The summed E-state index contributed by atoms with van der Waals surface area (Å²) in [7, 11) is 0. The summed E-state index contributed by atoms with van der Waals surface area (Å²) in [5.41, 5.74) is 5.59. The number of pyridine rings is 1. The Kier molecular flexibility index (Phi) is 4.49. The van der Waals surface area contributed by atoms with E-state index in [1.54, 1.807) is 0 Å². The number of alkyl halides is 3. The lowest BCUT2D eigenvalue weighted by atomic mass is 10.0. The smallest absolute Gasteiger partial charge is 0.322 e. The van der Waals surface area contributed by atoms with Crippen LogP contribution >= 0.6 is 11.6 Å². The zero-order chi connectivity index (χ0) is 15.6. The van der Waals surface area contributed by atoms with Gasteiger partial charge < -0.3 is 5.73 Å². The summed E-state index contributed by atoms with van der Waals surface area (Å²) in [6.07, 6.45) is -3.62. The van der Waals surface area contributed by atoms with E-state index in [0.29, 0.717) is 11.8 Å². The predicted molar refractivity (Wildman–Crippen MR) is 71.3 cm³/mol. The van der Waals surface area contributed by atoms with E-state index in [4.69, 9.17) is 17.3 Å². The van der Waals surface area contributed by atoms with Gasteiger partial charge in [-0.2, -0.15) is 13.2 Å². The van der Waals surface area contributed by atoms with Gasteiger partial charge in [-0.05, 0) is 36.2 Å². The molecule has 1 unspecified atom stereocenters. The van der Waals surface area contributed by atoms with E-state index in [1.807, 2.05) is 0 Å². The highest BCUT2D eigenvalue weighted by atomic mass is 35.5. The Morgan fingerprint density at radius 2 is 1.90 bits per heavy atom. The highest BCUT2D eigenvalue weighted by Gasteiger charge is 2.30. The molecule has 1 heterocycles. The van der Waals surface area contributed by atoms with E-state index in [2.05, 4.69) is 4.98 Å². The van der Waals surface area contributed by atoms with Crippen LogP contribution < -0.4 is 5.73 Å². The van der Waals surface area contributed by atoms with Gasteiger partial charge in [0.1, 0.15) is 5.82 Å². The molecule has 0 bridgehead atoms. The number of rotatable bonds is 3. The molecule has 0 saturated carbocycles. The maximum Gasteiger partial charge on any atom is 0.417 e.